The highest BCUT2D eigenvalue weighted by Crippen LogP contribution is 2.08. The zero-order valence-electron chi connectivity index (χ0n) is 5.90. The number of rotatable bonds is 1. The van der Waals surface area contributed by atoms with Crippen LogP contribution in [-0.2, 0) is 11.2 Å². The third-order valence-electron chi connectivity index (χ3n) is 1.67. The Hall–Kier alpha value is -1.45. The van der Waals surface area contributed by atoms with Crippen LogP contribution < -0.4 is 0 Å². The lowest BCUT2D eigenvalue weighted by molar-refractivity contribution is 0.540. The number of carbonyl (C=O) groups is 1. The Labute approximate surface area is 63.5 Å². The van der Waals surface area contributed by atoms with Crippen LogP contribution in [-0.4, -0.2) is 28.9 Å². The average molecular weight is 149 g/mol. The Kier molecular flexibility index (Phi) is 1.31. The molecule has 0 saturated carbocycles. The van der Waals surface area contributed by atoms with Crippen molar-refractivity contribution in [2.75, 3.05) is 6.54 Å². The number of fused-ring (bicyclic) bond motifs is 1. The fraction of sp³-hybridized carbons (Fsp3) is 0.286. The SMILES string of the molecule is O=Cn1cc2c(n1)C=NCC2. The van der Waals surface area contributed by atoms with Crippen LogP contribution in [0.4, 0.5) is 0 Å². The van der Waals surface area contributed by atoms with E-state index < -0.39 is 0 Å². The van der Waals surface area contributed by atoms with E-state index in [1.807, 2.05) is 0 Å². The summed E-state index contributed by atoms with van der Waals surface area (Å²) in [5.41, 5.74) is 1.93. The van der Waals surface area contributed by atoms with Gasteiger partial charge in [0.15, 0.2) is 0 Å². The Morgan fingerprint density at radius 2 is 2.55 bits per heavy atom. The van der Waals surface area contributed by atoms with Crippen LogP contribution in [0.3, 0.4) is 0 Å². The summed E-state index contributed by atoms with van der Waals surface area (Å²) in [6.45, 7) is 0.803. The van der Waals surface area contributed by atoms with Gasteiger partial charge in [0, 0.05) is 24.5 Å². The van der Waals surface area contributed by atoms with Crippen LogP contribution in [0.1, 0.15) is 11.3 Å². The van der Waals surface area contributed by atoms with Crippen LogP contribution in [0.2, 0.25) is 0 Å². The van der Waals surface area contributed by atoms with Crippen molar-refractivity contribution in [2.24, 2.45) is 4.99 Å². The predicted octanol–water partition coefficient (Wildman–Crippen LogP) is -0.104. The number of carbonyl (C=O) groups excluding carboxylic acids is 1. The van der Waals surface area contributed by atoms with Crippen molar-refractivity contribution in [3.63, 3.8) is 0 Å². The molecule has 0 radical (unpaired) electrons. The highest BCUT2D eigenvalue weighted by molar-refractivity contribution is 5.80. The van der Waals surface area contributed by atoms with Crippen molar-refractivity contribution in [3.05, 3.63) is 17.5 Å². The summed E-state index contributed by atoms with van der Waals surface area (Å²) >= 11 is 0. The molecule has 0 fully saturated rings. The first-order chi connectivity index (χ1) is 5.40. The number of hydrogen-bond donors (Lipinski definition) is 0. The molecule has 1 aromatic rings. The molecule has 1 aromatic heterocycles. The monoisotopic (exact) mass is 149 g/mol. The van der Waals surface area contributed by atoms with Crippen molar-refractivity contribution < 1.29 is 4.79 Å². The van der Waals surface area contributed by atoms with Gasteiger partial charge in [-0.2, -0.15) is 5.10 Å². The molecule has 4 nitrogen and oxygen atoms in total. The normalized spacial score (nSPS) is 14.5. The van der Waals surface area contributed by atoms with E-state index in [1.54, 1.807) is 12.4 Å². The van der Waals surface area contributed by atoms with Crippen LogP contribution in [0.25, 0.3) is 0 Å². The lowest BCUT2D eigenvalue weighted by Gasteiger charge is -1.99. The van der Waals surface area contributed by atoms with Gasteiger partial charge in [-0.3, -0.25) is 9.79 Å². The van der Waals surface area contributed by atoms with Gasteiger partial charge in [-0.05, 0) is 6.42 Å². The molecule has 0 spiro atoms. The molecule has 0 N–H and O–H groups in total. The van der Waals surface area contributed by atoms with Gasteiger partial charge in [-0.1, -0.05) is 0 Å². The first kappa shape index (κ1) is 6.27. The molecule has 0 aliphatic carbocycles. The summed E-state index contributed by atoms with van der Waals surface area (Å²) in [7, 11) is 0. The Bertz CT molecular complexity index is 313. The minimum absolute atomic E-state index is 0.687. The third kappa shape index (κ3) is 0.960. The molecule has 4 heteroatoms. The Morgan fingerprint density at radius 1 is 1.64 bits per heavy atom. The van der Waals surface area contributed by atoms with E-state index in [4.69, 9.17) is 0 Å². The van der Waals surface area contributed by atoms with Crippen molar-refractivity contribution in [1.29, 1.82) is 0 Å². The lowest BCUT2D eigenvalue weighted by Crippen LogP contribution is -2.00. The molecular weight excluding hydrogens is 142 g/mol. The summed E-state index contributed by atoms with van der Waals surface area (Å²) in [6.07, 6.45) is 5.03. The average Bonchev–Trinajstić information content (AvgIpc) is 2.46. The maximum Gasteiger partial charge on any atom is 0.234 e. The summed E-state index contributed by atoms with van der Waals surface area (Å²) in [5, 5.41) is 3.97. The van der Waals surface area contributed by atoms with E-state index in [1.165, 1.54) is 4.68 Å². The van der Waals surface area contributed by atoms with Crippen molar-refractivity contribution in [1.82, 2.24) is 9.78 Å². The van der Waals surface area contributed by atoms with Crippen LogP contribution in [0.15, 0.2) is 11.2 Å². The van der Waals surface area contributed by atoms with Gasteiger partial charge >= 0.3 is 0 Å². The number of nitrogens with zero attached hydrogens (tertiary/aromatic N) is 3. The number of aromatic nitrogens is 2. The molecule has 0 amide bonds. The van der Waals surface area contributed by atoms with Gasteiger partial charge in [0.05, 0.1) is 0 Å². The molecule has 0 bridgehead atoms. The van der Waals surface area contributed by atoms with Crippen LogP contribution in [0.5, 0.6) is 0 Å². The maximum absolute atomic E-state index is 10.3. The summed E-state index contributed by atoms with van der Waals surface area (Å²) < 4.78 is 1.28. The van der Waals surface area contributed by atoms with Gasteiger partial charge in [-0.15, -0.1) is 0 Å². The van der Waals surface area contributed by atoms with E-state index in [-0.39, 0.29) is 0 Å². The van der Waals surface area contributed by atoms with E-state index in [0.29, 0.717) is 6.41 Å². The molecule has 0 aromatic carbocycles. The molecule has 0 atom stereocenters. The zero-order valence-corrected chi connectivity index (χ0v) is 5.90. The highest BCUT2D eigenvalue weighted by atomic mass is 16.1. The number of aliphatic imine (C=N–C) groups is 1. The summed E-state index contributed by atoms with van der Waals surface area (Å²) in [6, 6.07) is 0. The van der Waals surface area contributed by atoms with Crippen molar-refractivity contribution in [2.45, 2.75) is 6.42 Å². The summed E-state index contributed by atoms with van der Waals surface area (Å²) in [4.78, 5) is 14.3. The van der Waals surface area contributed by atoms with Crippen LogP contribution in [0, 0.1) is 0 Å². The standard InChI is InChI=1S/C7H7N3O/c11-5-10-4-6-1-2-8-3-7(6)9-10/h3-5H,1-2H2. The van der Waals surface area contributed by atoms with E-state index in [2.05, 4.69) is 10.1 Å². The second-order valence-electron chi connectivity index (χ2n) is 2.41. The molecule has 11 heavy (non-hydrogen) atoms. The zero-order chi connectivity index (χ0) is 7.68. The van der Waals surface area contributed by atoms with E-state index in [9.17, 15) is 4.79 Å². The number of hydrogen-bond acceptors (Lipinski definition) is 3. The fourth-order valence-corrected chi connectivity index (χ4v) is 1.13. The van der Waals surface area contributed by atoms with Gasteiger partial charge in [0.2, 0.25) is 6.41 Å². The molecule has 2 heterocycles. The van der Waals surface area contributed by atoms with Gasteiger partial charge in [0.1, 0.15) is 5.69 Å². The molecule has 1 aliphatic heterocycles. The molecule has 1 aliphatic rings. The van der Waals surface area contributed by atoms with Crippen molar-refractivity contribution in [3.8, 4) is 0 Å². The predicted molar refractivity (Wildman–Crippen MR) is 40.5 cm³/mol. The largest absolute Gasteiger partial charge is 0.291 e. The first-order valence-corrected chi connectivity index (χ1v) is 3.43. The fourth-order valence-electron chi connectivity index (χ4n) is 1.13. The molecule has 0 saturated heterocycles. The minimum atomic E-state index is 0.687. The lowest BCUT2D eigenvalue weighted by atomic mass is 10.1. The van der Waals surface area contributed by atoms with Gasteiger partial charge in [0.25, 0.3) is 0 Å². The second kappa shape index (κ2) is 2.30. The topological polar surface area (TPSA) is 47.2 Å². The van der Waals surface area contributed by atoms with E-state index >= 15 is 0 Å². The highest BCUT2D eigenvalue weighted by Gasteiger charge is 2.08. The Balaban J connectivity index is 2.49. The summed E-state index contributed by atoms with van der Waals surface area (Å²) in [5.74, 6) is 0. The quantitative estimate of drug-likeness (QED) is 0.523. The minimum Gasteiger partial charge on any atom is -0.291 e. The Morgan fingerprint density at radius 3 is 3.27 bits per heavy atom. The van der Waals surface area contributed by atoms with Gasteiger partial charge < -0.3 is 0 Å². The van der Waals surface area contributed by atoms with Gasteiger partial charge in [-0.25, -0.2) is 4.68 Å². The third-order valence-corrected chi connectivity index (χ3v) is 1.67. The maximum atomic E-state index is 10.3. The smallest absolute Gasteiger partial charge is 0.234 e. The second-order valence-corrected chi connectivity index (χ2v) is 2.41. The van der Waals surface area contributed by atoms with Crippen LogP contribution >= 0.6 is 0 Å². The molecule has 56 valence electrons. The molecule has 2 rings (SSSR count). The van der Waals surface area contributed by atoms with Crippen molar-refractivity contribution >= 4 is 12.6 Å². The first-order valence-electron chi connectivity index (χ1n) is 3.43. The molecule has 0 unspecified atom stereocenters. The van der Waals surface area contributed by atoms with E-state index in [0.717, 1.165) is 24.2 Å². The molecular formula is C7H7N3O.